The molecule has 5 rings (SSSR count). The lowest BCUT2D eigenvalue weighted by molar-refractivity contribution is -0.138. The van der Waals surface area contributed by atoms with E-state index >= 15 is 0 Å². The Morgan fingerprint density at radius 1 is 1.12 bits per heavy atom. The number of rotatable bonds is 7. The zero-order valence-corrected chi connectivity index (χ0v) is 25.2. The van der Waals surface area contributed by atoms with E-state index in [0.29, 0.717) is 25.6 Å². The quantitative estimate of drug-likeness (QED) is 0.248. The molecule has 6 nitrogen and oxygen atoms in total. The Balaban J connectivity index is 1.81. The first-order valence-electron chi connectivity index (χ1n) is 13.5. The number of fused-ring (bicyclic) bond motifs is 1. The summed E-state index contributed by atoms with van der Waals surface area (Å²) in [6, 6.07) is 20.0. The topological polar surface area (TPSA) is 69.9 Å². The number of benzene rings is 3. The average molecular weight is 587 g/mol. The molecule has 0 N–H and O–H groups in total. The standard InChI is InChI=1S/C33H31ClN2O4S/c1-6-40-32(38)28-29(21-10-8-7-9-11-21)35-33-36(30(28)22-12-14-24(34)15-13-22)31(37)27(41-33)18-23-17-25(19(2)3)26(39-5)16-20(23)4/h7-19,30H,6H2,1-5H3/b27-18+/t30-/m1/s1. The Labute approximate surface area is 247 Å². The molecule has 0 amide bonds. The van der Waals surface area contributed by atoms with Crippen LogP contribution in [-0.2, 0) is 9.53 Å². The van der Waals surface area contributed by atoms with Gasteiger partial charge in [0.1, 0.15) is 5.75 Å². The Morgan fingerprint density at radius 2 is 1.83 bits per heavy atom. The lowest BCUT2D eigenvalue weighted by atomic mass is 9.93. The fourth-order valence-electron chi connectivity index (χ4n) is 5.04. The largest absolute Gasteiger partial charge is 0.496 e. The lowest BCUT2D eigenvalue weighted by Gasteiger charge is -2.26. The van der Waals surface area contributed by atoms with E-state index in [-0.39, 0.29) is 18.1 Å². The number of aryl methyl sites for hydroxylation is 1. The van der Waals surface area contributed by atoms with Gasteiger partial charge in [-0.1, -0.05) is 79.2 Å². The average Bonchev–Trinajstić information content (AvgIpc) is 3.28. The van der Waals surface area contributed by atoms with E-state index in [2.05, 4.69) is 19.9 Å². The molecule has 0 saturated heterocycles. The number of halogens is 1. The molecule has 1 atom stereocenters. The number of ether oxygens (including phenoxy) is 2. The highest BCUT2D eigenvalue weighted by molar-refractivity contribution is 7.07. The third-order valence-corrected chi connectivity index (χ3v) is 8.32. The van der Waals surface area contributed by atoms with Gasteiger partial charge in [0.15, 0.2) is 4.80 Å². The molecule has 0 aliphatic carbocycles. The van der Waals surface area contributed by atoms with Crippen molar-refractivity contribution < 1.29 is 14.3 Å². The molecule has 0 radical (unpaired) electrons. The molecule has 210 valence electrons. The summed E-state index contributed by atoms with van der Waals surface area (Å²) < 4.78 is 13.3. The van der Waals surface area contributed by atoms with Crippen molar-refractivity contribution >= 4 is 40.7 Å². The monoisotopic (exact) mass is 586 g/mol. The van der Waals surface area contributed by atoms with Gasteiger partial charge < -0.3 is 9.47 Å². The molecule has 8 heteroatoms. The van der Waals surface area contributed by atoms with Gasteiger partial charge in [-0.15, -0.1) is 0 Å². The van der Waals surface area contributed by atoms with E-state index in [9.17, 15) is 9.59 Å². The number of thiazole rings is 1. The Morgan fingerprint density at radius 3 is 2.46 bits per heavy atom. The van der Waals surface area contributed by atoms with E-state index in [1.807, 2.05) is 61.5 Å². The number of hydrogen-bond donors (Lipinski definition) is 0. The molecule has 0 fully saturated rings. The second kappa shape index (κ2) is 11.9. The first-order chi connectivity index (χ1) is 19.7. The fraction of sp³-hybridized carbons (Fsp3) is 0.242. The predicted molar refractivity (Wildman–Crippen MR) is 164 cm³/mol. The predicted octanol–water partition coefficient (Wildman–Crippen LogP) is 6.03. The zero-order chi connectivity index (χ0) is 29.3. The van der Waals surface area contributed by atoms with Crippen LogP contribution in [0.3, 0.4) is 0 Å². The molecule has 1 aliphatic heterocycles. The first kappa shape index (κ1) is 28.6. The molecule has 0 saturated carbocycles. The van der Waals surface area contributed by atoms with Gasteiger partial charge in [-0.3, -0.25) is 9.36 Å². The van der Waals surface area contributed by atoms with Crippen molar-refractivity contribution in [2.45, 2.75) is 39.7 Å². The van der Waals surface area contributed by atoms with E-state index in [0.717, 1.165) is 33.6 Å². The lowest BCUT2D eigenvalue weighted by Crippen LogP contribution is -2.40. The van der Waals surface area contributed by atoms with Crippen LogP contribution in [0.25, 0.3) is 11.8 Å². The number of aromatic nitrogens is 1. The number of methoxy groups -OCH3 is 1. The van der Waals surface area contributed by atoms with Gasteiger partial charge in [0.05, 0.1) is 35.6 Å². The number of esters is 1. The van der Waals surface area contributed by atoms with Crippen LogP contribution in [0.5, 0.6) is 5.75 Å². The van der Waals surface area contributed by atoms with Gasteiger partial charge in [-0.05, 0) is 72.4 Å². The molecule has 2 heterocycles. The van der Waals surface area contributed by atoms with E-state index in [4.69, 9.17) is 26.1 Å². The highest BCUT2D eigenvalue weighted by Gasteiger charge is 2.35. The van der Waals surface area contributed by atoms with Crippen molar-refractivity contribution in [1.29, 1.82) is 0 Å². The number of hydrogen-bond acceptors (Lipinski definition) is 6. The summed E-state index contributed by atoms with van der Waals surface area (Å²) in [7, 11) is 1.67. The molecule has 1 aromatic heterocycles. The summed E-state index contributed by atoms with van der Waals surface area (Å²) in [5, 5.41) is 0.557. The third-order valence-electron chi connectivity index (χ3n) is 7.09. The molecule has 41 heavy (non-hydrogen) atoms. The van der Waals surface area contributed by atoms with Gasteiger partial charge in [-0.2, -0.15) is 0 Å². The minimum Gasteiger partial charge on any atom is -0.496 e. The smallest absolute Gasteiger partial charge is 0.338 e. The maximum Gasteiger partial charge on any atom is 0.338 e. The van der Waals surface area contributed by atoms with Crippen molar-refractivity contribution in [3.8, 4) is 5.75 Å². The molecular formula is C33H31ClN2O4S. The van der Waals surface area contributed by atoms with Crippen molar-refractivity contribution in [1.82, 2.24) is 4.57 Å². The number of carbonyl (C=O) groups excluding carboxylic acids is 1. The third kappa shape index (κ3) is 5.52. The van der Waals surface area contributed by atoms with Crippen molar-refractivity contribution in [2.24, 2.45) is 4.99 Å². The SMILES string of the molecule is CCOC(=O)C1=C(c2ccccc2)N=c2s/c(=C/c3cc(C(C)C)c(OC)cc3C)c(=O)n2[C@@H]1c1ccc(Cl)cc1. The van der Waals surface area contributed by atoms with Crippen LogP contribution in [0.2, 0.25) is 5.02 Å². The van der Waals surface area contributed by atoms with E-state index in [1.165, 1.54) is 11.3 Å². The second-order valence-corrected chi connectivity index (χ2v) is 11.5. The van der Waals surface area contributed by atoms with Crippen molar-refractivity contribution in [3.05, 3.63) is 125 Å². The molecule has 0 bridgehead atoms. The Kier molecular flexibility index (Phi) is 8.29. The van der Waals surface area contributed by atoms with E-state index < -0.39 is 12.0 Å². The highest BCUT2D eigenvalue weighted by atomic mass is 35.5. The van der Waals surface area contributed by atoms with Crippen LogP contribution < -0.4 is 19.6 Å². The normalized spacial score (nSPS) is 15.1. The molecular weight excluding hydrogens is 556 g/mol. The number of carbonyl (C=O) groups is 1. The highest BCUT2D eigenvalue weighted by Crippen LogP contribution is 2.35. The van der Waals surface area contributed by atoms with Gasteiger partial charge in [0.25, 0.3) is 5.56 Å². The fourth-order valence-corrected chi connectivity index (χ4v) is 6.16. The molecule has 0 unspecified atom stereocenters. The summed E-state index contributed by atoms with van der Waals surface area (Å²) in [6.45, 7) is 8.17. The van der Waals surface area contributed by atoms with Crippen molar-refractivity contribution in [3.63, 3.8) is 0 Å². The number of nitrogens with zero attached hydrogens (tertiary/aromatic N) is 2. The van der Waals surface area contributed by atoms with Crippen molar-refractivity contribution in [2.75, 3.05) is 13.7 Å². The van der Waals surface area contributed by atoms with Gasteiger partial charge in [0.2, 0.25) is 0 Å². The summed E-state index contributed by atoms with van der Waals surface area (Å²) >= 11 is 7.52. The maximum absolute atomic E-state index is 14.1. The van der Waals surface area contributed by atoms with Crippen LogP contribution in [-0.4, -0.2) is 24.3 Å². The molecule has 4 aromatic rings. The first-order valence-corrected chi connectivity index (χ1v) is 14.6. The summed E-state index contributed by atoms with van der Waals surface area (Å²) in [5.41, 5.74) is 5.03. The van der Waals surface area contributed by atoms with Crippen LogP contribution in [0.4, 0.5) is 0 Å². The molecule has 0 spiro atoms. The molecule has 1 aliphatic rings. The maximum atomic E-state index is 14.1. The van der Waals surface area contributed by atoms with Gasteiger partial charge in [0, 0.05) is 10.6 Å². The minimum absolute atomic E-state index is 0.192. The van der Waals surface area contributed by atoms with Crippen LogP contribution >= 0.6 is 22.9 Å². The summed E-state index contributed by atoms with van der Waals surface area (Å²) in [4.78, 5) is 33.1. The molecule has 3 aromatic carbocycles. The second-order valence-electron chi connectivity index (χ2n) is 10.1. The minimum atomic E-state index is -0.747. The van der Waals surface area contributed by atoms with Gasteiger partial charge in [-0.25, -0.2) is 9.79 Å². The Hall–Kier alpha value is -3.94. The van der Waals surface area contributed by atoms with Crippen LogP contribution in [0, 0.1) is 6.92 Å². The summed E-state index contributed by atoms with van der Waals surface area (Å²) in [5.74, 6) is 0.548. The Bertz CT molecular complexity index is 1820. The van der Waals surface area contributed by atoms with Crippen LogP contribution in [0.1, 0.15) is 60.5 Å². The van der Waals surface area contributed by atoms with E-state index in [1.54, 1.807) is 30.7 Å². The van der Waals surface area contributed by atoms with Gasteiger partial charge >= 0.3 is 5.97 Å². The zero-order valence-electron chi connectivity index (χ0n) is 23.6. The summed E-state index contributed by atoms with van der Waals surface area (Å²) in [6.07, 6.45) is 1.90. The van der Waals surface area contributed by atoms with Crippen LogP contribution in [0.15, 0.2) is 82.1 Å².